The Bertz CT molecular complexity index is 2810. The molecule has 3 heterocycles. The first-order valence-corrected chi connectivity index (χ1v) is 16.1. The smallest absolute Gasteiger partial charge is 0.180 e. The monoisotopic (exact) mass is 614 g/mol. The van der Waals surface area contributed by atoms with Gasteiger partial charge in [-0.2, -0.15) is 0 Å². The third kappa shape index (κ3) is 4.16. The molecule has 10 aromatic rings. The zero-order chi connectivity index (χ0) is 31.6. The molecule has 10 rings (SSSR count). The molecule has 224 valence electrons. The second kappa shape index (κ2) is 10.5. The maximum absolute atomic E-state index is 6.66. The summed E-state index contributed by atoms with van der Waals surface area (Å²) < 4.78 is 13.1. The lowest BCUT2D eigenvalue weighted by molar-refractivity contribution is 0.667. The van der Waals surface area contributed by atoms with Gasteiger partial charge in [0.15, 0.2) is 11.4 Å². The van der Waals surface area contributed by atoms with E-state index in [9.17, 15) is 0 Å². The molecule has 0 amide bonds. The van der Waals surface area contributed by atoms with Crippen LogP contribution in [-0.4, -0.2) is 9.97 Å². The molecule has 4 nitrogen and oxygen atoms in total. The van der Waals surface area contributed by atoms with Gasteiger partial charge in [0.05, 0.1) is 0 Å². The van der Waals surface area contributed by atoms with Gasteiger partial charge in [0.25, 0.3) is 0 Å². The van der Waals surface area contributed by atoms with Crippen LogP contribution in [0.25, 0.3) is 99.7 Å². The Morgan fingerprint density at radius 1 is 0.354 bits per heavy atom. The van der Waals surface area contributed by atoms with Gasteiger partial charge < -0.3 is 8.83 Å². The molecular weight excluding hydrogens is 588 g/mol. The van der Waals surface area contributed by atoms with E-state index in [2.05, 4.69) is 133 Å². The standard InChI is InChI=1S/C44H26N2O2/c1-3-11-27(12-4-1)28-19-21-30(22-20-28)40-43-41(35-17-9-10-18-38(35)47-43)46-44(45-40)31-23-24-33-37-26-36(29-13-5-2-6-14-29)32-15-7-8-16-34(32)42(37)48-39(33)25-31/h1-26H. The summed E-state index contributed by atoms with van der Waals surface area (Å²) in [6, 6.07) is 54.5. The van der Waals surface area contributed by atoms with E-state index >= 15 is 0 Å². The van der Waals surface area contributed by atoms with Crippen LogP contribution >= 0.6 is 0 Å². The van der Waals surface area contributed by atoms with Gasteiger partial charge in [0, 0.05) is 32.7 Å². The van der Waals surface area contributed by atoms with Crippen molar-refractivity contribution in [2.75, 3.05) is 0 Å². The van der Waals surface area contributed by atoms with Crippen LogP contribution < -0.4 is 0 Å². The average molecular weight is 615 g/mol. The summed E-state index contributed by atoms with van der Waals surface area (Å²) in [6.45, 7) is 0. The molecule has 0 radical (unpaired) electrons. The predicted octanol–water partition coefficient (Wildman–Crippen LogP) is 12.1. The minimum Gasteiger partial charge on any atom is -0.455 e. The van der Waals surface area contributed by atoms with Crippen molar-refractivity contribution in [2.24, 2.45) is 0 Å². The van der Waals surface area contributed by atoms with Gasteiger partial charge in [-0.3, -0.25) is 0 Å². The Balaban J connectivity index is 1.17. The molecule has 0 saturated carbocycles. The van der Waals surface area contributed by atoms with Crippen molar-refractivity contribution >= 4 is 54.8 Å². The first-order valence-electron chi connectivity index (χ1n) is 16.1. The molecule has 0 N–H and O–H groups in total. The van der Waals surface area contributed by atoms with E-state index in [1.54, 1.807) is 0 Å². The lowest BCUT2D eigenvalue weighted by Crippen LogP contribution is -1.94. The largest absolute Gasteiger partial charge is 0.455 e. The van der Waals surface area contributed by atoms with Crippen molar-refractivity contribution in [1.29, 1.82) is 0 Å². The second-order valence-electron chi connectivity index (χ2n) is 12.1. The second-order valence-corrected chi connectivity index (χ2v) is 12.1. The molecule has 0 bridgehead atoms. The maximum atomic E-state index is 6.66. The van der Waals surface area contributed by atoms with Gasteiger partial charge in [-0.1, -0.05) is 127 Å². The fourth-order valence-corrected chi connectivity index (χ4v) is 6.96. The lowest BCUT2D eigenvalue weighted by Gasteiger charge is -2.08. The first kappa shape index (κ1) is 26.7. The number of nitrogens with zero attached hydrogens (tertiary/aromatic N) is 2. The Labute approximate surface area is 275 Å². The Morgan fingerprint density at radius 3 is 1.75 bits per heavy atom. The SMILES string of the molecule is c1ccc(-c2ccc(-c3nc(-c4ccc5c(c4)oc4c6ccccc6c(-c6ccccc6)cc54)nc4c3oc3ccccc34)cc2)cc1. The van der Waals surface area contributed by atoms with E-state index in [-0.39, 0.29) is 0 Å². The lowest BCUT2D eigenvalue weighted by atomic mass is 9.95. The van der Waals surface area contributed by atoms with Crippen LogP contribution in [0.15, 0.2) is 167 Å². The van der Waals surface area contributed by atoms with Gasteiger partial charge in [0.2, 0.25) is 0 Å². The highest BCUT2D eigenvalue weighted by atomic mass is 16.3. The van der Waals surface area contributed by atoms with Crippen molar-refractivity contribution in [1.82, 2.24) is 9.97 Å². The van der Waals surface area contributed by atoms with Crippen molar-refractivity contribution in [3.63, 3.8) is 0 Å². The highest BCUT2D eigenvalue weighted by Gasteiger charge is 2.20. The summed E-state index contributed by atoms with van der Waals surface area (Å²) in [5.41, 5.74) is 11.2. The molecule has 7 aromatic carbocycles. The summed E-state index contributed by atoms with van der Waals surface area (Å²) in [4.78, 5) is 10.3. The van der Waals surface area contributed by atoms with Gasteiger partial charge in [-0.25, -0.2) is 9.97 Å². The van der Waals surface area contributed by atoms with Crippen molar-refractivity contribution in [3.8, 4) is 44.9 Å². The summed E-state index contributed by atoms with van der Waals surface area (Å²) in [6.07, 6.45) is 0. The number of benzene rings is 7. The minimum atomic E-state index is 0.619. The number of fused-ring (bicyclic) bond motifs is 8. The van der Waals surface area contributed by atoms with Gasteiger partial charge in [-0.15, -0.1) is 0 Å². The molecule has 0 spiro atoms. The molecular formula is C44H26N2O2. The number of furan rings is 2. The number of para-hydroxylation sites is 1. The van der Waals surface area contributed by atoms with Crippen LogP contribution in [-0.2, 0) is 0 Å². The van der Waals surface area contributed by atoms with Crippen LogP contribution in [0.2, 0.25) is 0 Å². The zero-order valence-corrected chi connectivity index (χ0v) is 25.7. The Morgan fingerprint density at radius 2 is 0.958 bits per heavy atom. The van der Waals surface area contributed by atoms with Gasteiger partial charge in [-0.05, 0) is 58.0 Å². The first-order chi connectivity index (χ1) is 23.8. The summed E-state index contributed by atoms with van der Waals surface area (Å²) in [5, 5.41) is 5.37. The highest BCUT2D eigenvalue weighted by molar-refractivity contribution is 6.19. The maximum Gasteiger partial charge on any atom is 0.180 e. The number of hydrogen-bond donors (Lipinski definition) is 0. The van der Waals surface area contributed by atoms with E-state index in [1.165, 1.54) is 22.1 Å². The summed E-state index contributed by atoms with van der Waals surface area (Å²) >= 11 is 0. The van der Waals surface area contributed by atoms with Crippen LogP contribution in [0.1, 0.15) is 0 Å². The molecule has 48 heavy (non-hydrogen) atoms. The molecule has 0 saturated heterocycles. The third-order valence-corrected chi connectivity index (χ3v) is 9.31. The van der Waals surface area contributed by atoms with Crippen LogP contribution in [0.5, 0.6) is 0 Å². The molecule has 0 aliphatic heterocycles. The Kier molecular flexibility index (Phi) is 5.84. The molecule has 0 fully saturated rings. The minimum absolute atomic E-state index is 0.619. The van der Waals surface area contributed by atoms with E-state index in [4.69, 9.17) is 18.8 Å². The van der Waals surface area contributed by atoms with Gasteiger partial charge >= 0.3 is 0 Å². The van der Waals surface area contributed by atoms with Gasteiger partial charge in [0.1, 0.15) is 28.0 Å². The summed E-state index contributed by atoms with van der Waals surface area (Å²) in [7, 11) is 0. The molecule has 0 aliphatic carbocycles. The molecule has 4 heteroatoms. The van der Waals surface area contributed by atoms with E-state index in [1.807, 2.05) is 24.3 Å². The molecule has 0 atom stereocenters. The number of hydrogen-bond acceptors (Lipinski definition) is 4. The van der Waals surface area contributed by atoms with Crippen LogP contribution in [0.3, 0.4) is 0 Å². The normalized spacial score (nSPS) is 11.8. The quantitative estimate of drug-likeness (QED) is 0.198. The average Bonchev–Trinajstić information content (AvgIpc) is 3.73. The van der Waals surface area contributed by atoms with Crippen molar-refractivity contribution in [2.45, 2.75) is 0 Å². The fourth-order valence-electron chi connectivity index (χ4n) is 6.96. The van der Waals surface area contributed by atoms with Crippen molar-refractivity contribution in [3.05, 3.63) is 158 Å². The highest BCUT2D eigenvalue weighted by Crippen LogP contribution is 2.41. The summed E-state index contributed by atoms with van der Waals surface area (Å²) in [5.74, 6) is 0.619. The van der Waals surface area contributed by atoms with Crippen LogP contribution in [0, 0.1) is 0 Å². The molecule has 0 unspecified atom stereocenters. The molecule has 0 aliphatic rings. The zero-order valence-electron chi connectivity index (χ0n) is 25.7. The predicted molar refractivity (Wildman–Crippen MR) is 196 cm³/mol. The molecule has 3 aromatic heterocycles. The van der Waals surface area contributed by atoms with Crippen molar-refractivity contribution < 1.29 is 8.83 Å². The van der Waals surface area contributed by atoms with Crippen LogP contribution in [0.4, 0.5) is 0 Å². The third-order valence-electron chi connectivity index (χ3n) is 9.31. The topological polar surface area (TPSA) is 52.1 Å². The van der Waals surface area contributed by atoms with E-state index < -0.39 is 0 Å². The fraction of sp³-hybridized carbons (Fsp3) is 0. The number of rotatable bonds is 4. The van der Waals surface area contributed by atoms with E-state index in [0.717, 1.165) is 66.2 Å². The van der Waals surface area contributed by atoms with E-state index in [0.29, 0.717) is 11.4 Å². The number of aromatic nitrogens is 2. The Hall–Kier alpha value is -6.52.